The Morgan fingerprint density at radius 2 is 2.03 bits per heavy atom. The zero-order valence-corrected chi connectivity index (χ0v) is 18.1. The number of aromatic nitrogens is 3. The van der Waals surface area contributed by atoms with Crippen molar-refractivity contribution in [3.63, 3.8) is 0 Å². The standard InChI is InChI=1S/C23H31N5O3/c1-2-28-21-18(14-25-28)20(26-16-6-4-3-5-7-16)17(13-24-21)19-12-23(31-27-19)10-8-15(9-11-23)22(29)30/h12-16,27H,2-11H2,1H3,(H,24,26)(H,29,30). The number of rotatable bonds is 5. The first-order valence-corrected chi connectivity index (χ1v) is 11.6. The monoisotopic (exact) mass is 425 g/mol. The predicted octanol–water partition coefficient (Wildman–Crippen LogP) is 4.09. The minimum Gasteiger partial charge on any atom is -0.481 e. The Bertz CT molecular complexity index is 1000. The molecule has 31 heavy (non-hydrogen) atoms. The van der Waals surface area contributed by atoms with E-state index in [1.807, 2.05) is 17.1 Å². The van der Waals surface area contributed by atoms with E-state index in [2.05, 4.69) is 28.9 Å². The molecule has 5 rings (SSSR count). The molecular formula is C23H31N5O3. The highest BCUT2D eigenvalue weighted by atomic mass is 16.7. The number of aryl methyl sites for hydroxylation is 1. The third kappa shape index (κ3) is 3.78. The number of nitrogens with zero attached hydrogens (tertiary/aromatic N) is 3. The van der Waals surface area contributed by atoms with Crippen LogP contribution >= 0.6 is 0 Å². The minimum absolute atomic E-state index is 0.270. The quantitative estimate of drug-likeness (QED) is 0.663. The summed E-state index contributed by atoms with van der Waals surface area (Å²) in [5.41, 5.74) is 6.56. The Balaban J connectivity index is 1.49. The molecule has 0 bridgehead atoms. The Hall–Kier alpha value is -2.61. The molecule has 0 amide bonds. The van der Waals surface area contributed by atoms with E-state index in [4.69, 9.17) is 9.82 Å². The van der Waals surface area contributed by atoms with Gasteiger partial charge in [0.25, 0.3) is 0 Å². The molecule has 2 aromatic rings. The van der Waals surface area contributed by atoms with Crippen molar-refractivity contribution in [2.24, 2.45) is 5.92 Å². The zero-order valence-electron chi connectivity index (χ0n) is 18.1. The molecule has 0 saturated heterocycles. The van der Waals surface area contributed by atoms with Crippen LogP contribution in [0, 0.1) is 5.92 Å². The number of hydrogen-bond acceptors (Lipinski definition) is 6. The van der Waals surface area contributed by atoms with Crippen molar-refractivity contribution in [2.45, 2.75) is 82.9 Å². The number of carbonyl (C=O) groups is 1. The lowest BCUT2D eigenvalue weighted by Crippen LogP contribution is -2.36. The lowest BCUT2D eigenvalue weighted by Gasteiger charge is -2.32. The molecule has 1 spiro atoms. The van der Waals surface area contributed by atoms with Gasteiger partial charge in [0.05, 0.1) is 28.9 Å². The molecule has 8 nitrogen and oxygen atoms in total. The summed E-state index contributed by atoms with van der Waals surface area (Å²) in [6.45, 7) is 2.85. The Kier molecular flexibility index (Phi) is 5.33. The fourth-order valence-corrected chi connectivity index (χ4v) is 5.28. The van der Waals surface area contributed by atoms with Crippen molar-refractivity contribution in [3.05, 3.63) is 24.0 Å². The highest BCUT2D eigenvalue weighted by Gasteiger charge is 2.41. The smallest absolute Gasteiger partial charge is 0.306 e. The van der Waals surface area contributed by atoms with Crippen molar-refractivity contribution in [2.75, 3.05) is 5.32 Å². The molecule has 0 aromatic carbocycles. The van der Waals surface area contributed by atoms with E-state index in [-0.39, 0.29) is 5.92 Å². The second-order valence-corrected chi connectivity index (χ2v) is 9.16. The number of hydrogen-bond donors (Lipinski definition) is 3. The fourth-order valence-electron chi connectivity index (χ4n) is 5.28. The first-order chi connectivity index (χ1) is 15.1. The largest absolute Gasteiger partial charge is 0.481 e. The number of nitrogens with one attached hydrogen (secondary N) is 2. The Labute approximate surface area is 182 Å². The number of carboxylic acid groups (broad SMARTS) is 1. The normalized spacial score (nSPS) is 26.7. The van der Waals surface area contributed by atoms with E-state index >= 15 is 0 Å². The molecule has 1 aliphatic heterocycles. The van der Waals surface area contributed by atoms with E-state index in [9.17, 15) is 9.90 Å². The van der Waals surface area contributed by atoms with Gasteiger partial charge in [-0.15, -0.1) is 0 Å². The zero-order chi connectivity index (χ0) is 21.4. The highest BCUT2D eigenvalue weighted by molar-refractivity contribution is 5.95. The van der Waals surface area contributed by atoms with Gasteiger partial charge in [0.2, 0.25) is 0 Å². The summed E-state index contributed by atoms with van der Waals surface area (Å²) in [5.74, 6) is -0.973. The van der Waals surface area contributed by atoms with Crippen LogP contribution in [0.1, 0.15) is 70.3 Å². The summed E-state index contributed by atoms with van der Waals surface area (Å²) < 4.78 is 1.92. The van der Waals surface area contributed by atoms with Gasteiger partial charge in [-0.3, -0.25) is 15.1 Å². The molecule has 3 aliphatic rings. The second kappa shape index (κ2) is 8.15. The predicted molar refractivity (Wildman–Crippen MR) is 118 cm³/mol. The maximum absolute atomic E-state index is 11.3. The summed E-state index contributed by atoms with van der Waals surface area (Å²) in [6, 6.07) is 0.450. The minimum atomic E-state index is -0.702. The van der Waals surface area contributed by atoms with Crippen molar-refractivity contribution >= 4 is 28.4 Å². The number of hydroxylamine groups is 1. The van der Waals surface area contributed by atoms with Crippen LogP contribution in [0.2, 0.25) is 0 Å². The average Bonchev–Trinajstić information content (AvgIpc) is 3.39. The first-order valence-electron chi connectivity index (χ1n) is 11.6. The van der Waals surface area contributed by atoms with Crippen LogP contribution in [0.5, 0.6) is 0 Å². The first kappa shape index (κ1) is 20.3. The van der Waals surface area contributed by atoms with Crippen molar-refractivity contribution in [3.8, 4) is 0 Å². The molecule has 3 heterocycles. The summed E-state index contributed by atoms with van der Waals surface area (Å²) in [6.07, 6.45) is 14.8. The number of pyridine rings is 1. The molecule has 2 fully saturated rings. The summed E-state index contributed by atoms with van der Waals surface area (Å²) in [5, 5.41) is 18.7. The summed E-state index contributed by atoms with van der Waals surface area (Å²) in [7, 11) is 0. The van der Waals surface area contributed by atoms with Gasteiger partial charge in [-0.2, -0.15) is 5.10 Å². The average molecular weight is 426 g/mol. The van der Waals surface area contributed by atoms with Crippen LogP contribution in [0.25, 0.3) is 16.7 Å². The molecule has 2 aliphatic carbocycles. The van der Waals surface area contributed by atoms with E-state index in [0.29, 0.717) is 31.7 Å². The summed E-state index contributed by atoms with van der Waals surface area (Å²) in [4.78, 5) is 22.1. The summed E-state index contributed by atoms with van der Waals surface area (Å²) >= 11 is 0. The highest BCUT2D eigenvalue weighted by Crippen LogP contribution is 2.42. The lowest BCUT2D eigenvalue weighted by molar-refractivity contribution is -0.145. The van der Waals surface area contributed by atoms with Gasteiger partial charge in [-0.05, 0) is 51.5 Å². The number of aliphatic carboxylic acids is 1. The van der Waals surface area contributed by atoms with Gasteiger partial charge in [0.1, 0.15) is 5.60 Å². The van der Waals surface area contributed by atoms with Crippen LogP contribution in [0.3, 0.4) is 0 Å². The topological polar surface area (TPSA) is 101 Å². The molecule has 2 aromatic heterocycles. The van der Waals surface area contributed by atoms with Gasteiger partial charge in [-0.1, -0.05) is 19.3 Å². The van der Waals surface area contributed by atoms with Gasteiger partial charge in [-0.25, -0.2) is 9.67 Å². The van der Waals surface area contributed by atoms with Crippen LogP contribution in [0.4, 0.5) is 5.69 Å². The lowest BCUT2D eigenvalue weighted by atomic mass is 9.78. The van der Waals surface area contributed by atoms with Gasteiger partial charge in [0, 0.05) is 24.3 Å². The molecule has 0 atom stereocenters. The second-order valence-electron chi connectivity index (χ2n) is 9.16. The van der Waals surface area contributed by atoms with Crippen LogP contribution in [0.15, 0.2) is 18.5 Å². The Morgan fingerprint density at radius 1 is 1.26 bits per heavy atom. The molecule has 2 saturated carbocycles. The van der Waals surface area contributed by atoms with Crippen LogP contribution < -0.4 is 10.8 Å². The molecule has 166 valence electrons. The molecule has 8 heteroatoms. The van der Waals surface area contributed by atoms with Gasteiger partial charge in [0.15, 0.2) is 5.65 Å². The molecule has 0 unspecified atom stereocenters. The van der Waals surface area contributed by atoms with Gasteiger partial charge >= 0.3 is 5.97 Å². The molecule has 3 N–H and O–H groups in total. The number of anilines is 1. The van der Waals surface area contributed by atoms with Crippen LogP contribution in [-0.4, -0.2) is 37.5 Å². The van der Waals surface area contributed by atoms with E-state index in [1.54, 1.807) is 0 Å². The maximum Gasteiger partial charge on any atom is 0.306 e. The third-order valence-electron chi connectivity index (χ3n) is 7.16. The van der Waals surface area contributed by atoms with E-state index in [1.165, 1.54) is 32.1 Å². The van der Waals surface area contributed by atoms with Gasteiger partial charge < -0.3 is 10.4 Å². The van der Waals surface area contributed by atoms with Crippen molar-refractivity contribution < 1.29 is 14.7 Å². The Morgan fingerprint density at radius 3 is 2.74 bits per heavy atom. The molecular weight excluding hydrogens is 394 g/mol. The van der Waals surface area contributed by atoms with Crippen LogP contribution in [-0.2, 0) is 16.2 Å². The van der Waals surface area contributed by atoms with Crippen molar-refractivity contribution in [1.29, 1.82) is 0 Å². The number of fused-ring (bicyclic) bond motifs is 1. The van der Waals surface area contributed by atoms with E-state index < -0.39 is 11.6 Å². The van der Waals surface area contributed by atoms with Crippen molar-refractivity contribution in [1.82, 2.24) is 20.2 Å². The maximum atomic E-state index is 11.3. The molecule has 0 radical (unpaired) electrons. The SMILES string of the molecule is CCn1ncc2c(NC3CCCCC3)c(C3=CC4(CCC(C(=O)O)CC4)ON3)cnc21. The number of carboxylic acids is 1. The third-order valence-corrected chi connectivity index (χ3v) is 7.16. The van der Waals surface area contributed by atoms with E-state index in [0.717, 1.165) is 34.5 Å². The fraction of sp³-hybridized carbons (Fsp3) is 0.609.